The Labute approximate surface area is 114 Å². The molecule has 1 N–H and O–H groups in total. The Kier molecular flexibility index (Phi) is 3.76. The molecule has 0 saturated carbocycles. The van der Waals surface area contributed by atoms with Crippen molar-refractivity contribution in [2.45, 2.75) is 13.5 Å². The lowest BCUT2D eigenvalue weighted by Crippen LogP contribution is -2.17. The van der Waals surface area contributed by atoms with Crippen molar-refractivity contribution in [3.63, 3.8) is 0 Å². The predicted molar refractivity (Wildman–Crippen MR) is 70.5 cm³/mol. The zero-order valence-corrected chi connectivity index (χ0v) is 11.0. The summed E-state index contributed by atoms with van der Waals surface area (Å²) in [6, 6.07) is 6.48. The monoisotopic (exact) mass is 281 g/mol. The minimum Gasteiger partial charge on any atom is -0.477 e. The highest BCUT2D eigenvalue weighted by Crippen LogP contribution is 2.23. The molecule has 6 heteroatoms. The Hall–Kier alpha value is -2.01. The highest BCUT2D eigenvalue weighted by molar-refractivity contribution is 6.31. The fourth-order valence-corrected chi connectivity index (χ4v) is 2.11. The van der Waals surface area contributed by atoms with Crippen molar-refractivity contribution in [1.82, 2.24) is 4.57 Å². The summed E-state index contributed by atoms with van der Waals surface area (Å²) in [4.78, 5) is 22.7. The van der Waals surface area contributed by atoms with Crippen LogP contribution in [0.2, 0.25) is 5.02 Å². The standard InChI is InChI=1S/C13H12ClNO4/c1-2-19-12(16)7-15-10-4-3-9(14)5-8(10)6-11(15)13(17)18/h3-6H,2,7H2,1H3,(H,17,18). The maximum Gasteiger partial charge on any atom is 0.352 e. The summed E-state index contributed by atoms with van der Waals surface area (Å²) in [5.41, 5.74) is 0.667. The van der Waals surface area contributed by atoms with Crippen molar-refractivity contribution in [3.05, 3.63) is 35.0 Å². The van der Waals surface area contributed by atoms with Gasteiger partial charge in [0.15, 0.2) is 0 Å². The van der Waals surface area contributed by atoms with Gasteiger partial charge in [0.2, 0.25) is 0 Å². The van der Waals surface area contributed by atoms with Gasteiger partial charge in [-0.3, -0.25) is 4.79 Å². The number of aromatic nitrogens is 1. The number of hydrogen-bond acceptors (Lipinski definition) is 3. The molecule has 0 saturated heterocycles. The molecule has 0 aliphatic carbocycles. The smallest absolute Gasteiger partial charge is 0.352 e. The zero-order valence-electron chi connectivity index (χ0n) is 10.2. The first-order valence-corrected chi connectivity index (χ1v) is 6.08. The number of nitrogens with zero attached hydrogens (tertiary/aromatic N) is 1. The summed E-state index contributed by atoms with van der Waals surface area (Å²) in [6.45, 7) is 1.82. The van der Waals surface area contributed by atoms with E-state index in [2.05, 4.69) is 0 Å². The van der Waals surface area contributed by atoms with Crippen LogP contribution in [0.5, 0.6) is 0 Å². The molecule has 0 fully saturated rings. The molecule has 1 aromatic heterocycles. The number of benzene rings is 1. The van der Waals surface area contributed by atoms with Gasteiger partial charge < -0.3 is 14.4 Å². The van der Waals surface area contributed by atoms with E-state index in [4.69, 9.17) is 16.3 Å². The van der Waals surface area contributed by atoms with E-state index in [-0.39, 0.29) is 18.8 Å². The second kappa shape index (κ2) is 5.32. The minimum atomic E-state index is -1.10. The summed E-state index contributed by atoms with van der Waals surface area (Å²) in [6.07, 6.45) is 0. The maximum atomic E-state index is 11.5. The maximum absolute atomic E-state index is 11.5. The first-order valence-electron chi connectivity index (χ1n) is 5.70. The first kappa shape index (κ1) is 13.4. The third-order valence-electron chi connectivity index (χ3n) is 2.68. The van der Waals surface area contributed by atoms with Gasteiger partial charge in [0.05, 0.1) is 6.61 Å². The molecule has 1 heterocycles. The van der Waals surface area contributed by atoms with Crippen molar-refractivity contribution < 1.29 is 19.4 Å². The van der Waals surface area contributed by atoms with Gasteiger partial charge in [0.1, 0.15) is 12.2 Å². The van der Waals surface area contributed by atoms with Crippen LogP contribution in [0.15, 0.2) is 24.3 Å². The van der Waals surface area contributed by atoms with Gasteiger partial charge >= 0.3 is 11.9 Å². The SMILES string of the molecule is CCOC(=O)Cn1c(C(=O)O)cc2cc(Cl)ccc21. The number of halogens is 1. The molecule has 0 spiro atoms. The number of aromatic carboxylic acids is 1. The molecule has 0 atom stereocenters. The lowest BCUT2D eigenvalue weighted by Gasteiger charge is -2.07. The molecule has 5 nitrogen and oxygen atoms in total. The van der Waals surface area contributed by atoms with Crippen LogP contribution < -0.4 is 0 Å². The number of rotatable bonds is 4. The Bertz CT molecular complexity index is 647. The lowest BCUT2D eigenvalue weighted by atomic mass is 10.2. The van der Waals surface area contributed by atoms with E-state index in [1.165, 1.54) is 10.6 Å². The third kappa shape index (κ3) is 2.71. The molecule has 1 aromatic carbocycles. The lowest BCUT2D eigenvalue weighted by molar-refractivity contribution is -0.143. The van der Waals surface area contributed by atoms with Crippen molar-refractivity contribution in [3.8, 4) is 0 Å². The van der Waals surface area contributed by atoms with E-state index in [0.29, 0.717) is 15.9 Å². The van der Waals surface area contributed by atoms with Gasteiger partial charge in [0.25, 0.3) is 0 Å². The molecular weight excluding hydrogens is 270 g/mol. The second-order valence-corrected chi connectivity index (χ2v) is 4.37. The van der Waals surface area contributed by atoms with Crippen LogP contribution in [-0.2, 0) is 16.1 Å². The summed E-state index contributed by atoms with van der Waals surface area (Å²) in [5.74, 6) is -1.57. The van der Waals surface area contributed by atoms with Crippen molar-refractivity contribution in [1.29, 1.82) is 0 Å². The molecule has 0 aliphatic heterocycles. The van der Waals surface area contributed by atoms with Gasteiger partial charge in [-0.2, -0.15) is 0 Å². The number of carbonyl (C=O) groups excluding carboxylic acids is 1. The van der Waals surface area contributed by atoms with Crippen LogP contribution in [0.3, 0.4) is 0 Å². The first-order chi connectivity index (χ1) is 9.02. The van der Waals surface area contributed by atoms with E-state index in [1.807, 2.05) is 0 Å². The van der Waals surface area contributed by atoms with Crippen LogP contribution in [0.4, 0.5) is 0 Å². The molecule has 0 unspecified atom stereocenters. The number of hydrogen-bond donors (Lipinski definition) is 1. The second-order valence-electron chi connectivity index (χ2n) is 3.93. The largest absolute Gasteiger partial charge is 0.477 e. The average molecular weight is 282 g/mol. The molecule has 0 bridgehead atoms. The van der Waals surface area contributed by atoms with E-state index in [9.17, 15) is 14.7 Å². The molecule has 0 aliphatic rings. The number of carboxylic acid groups (broad SMARTS) is 1. The van der Waals surface area contributed by atoms with E-state index in [0.717, 1.165) is 0 Å². The Morgan fingerprint density at radius 2 is 2.11 bits per heavy atom. The Morgan fingerprint density at radius 1 is 1.37 bits per heavy atom. The Balaban J connectivity index is 2.52. The fourth-order valence-electron chi connectivity index (χ4n) is 1.93. The zero-order chi connectivity index (χ0) is 14.0. The van der Waals surface area contributed by atoms with Crippen LogP contribution in [-0.4, -0.2) is 28.2 Å². The highest BCUT2D eigenvalue weighted by atomic mass is 35.5. The molecule has 100 valence electrons. The van der Waals surface area contributed by atoms with E-state index in [1.54, 1.807) is 25.1 Å². The molecule has 0 radical (unpaired) electrons. The van der Waals surface area contributed by atoms with Crippen molar-refractivity contribution in [2.24, 2.45) is 0 Å². The molecule has 19 heavy (non-hydrogen) atoms. The quantitative estimate of drug-likeness (QED) is 0.875. The number of carboxylic acids is 1. The molecule has 0 amide bonds. The normalized spacial score (nSPS) is 10.6. The van der Waals surface area contributed by atoms with Gasteiger partial charge in [0, 0.05) is 15.9 Å². The topological polar surface area (TPSA) is 68.5 Å². The molecular formula is C13H12ClNO4. The van der Waals surface area contributed by atoms with Crippen LogP contribution in [0.25, 0.3) is 10.9 Å². The van der Waals surface area contributed by atoms with Crippen LogP contribution in [0, 0.1) is 0 Å². The number of ether oxygens (including phenoxy) is 1. The van der Waals surface area contributed by atoms with E-state index < -0.39 is 11.9 Å². The van der Waals surface area contributed by atoms with Crippen molar-refractivity contribution in [2.75, 3.05) is 6.61 Å². The molecule has 2 aromatic rings. The summed E-state index contributed by atoms with van der Waals surface area (Å²) in [5, 5.41) is 10.4. The van der Waals surface area contributed by atoms with Gasteiger partial charge in [-0.1, -0.05) is 11.6 Å². The summed E-state index contributed by atoms with van der Waals surface area (Å²) >= 11 is 5.87. The number of carbonyl (C=O) groups is 2. The van der Waals surface area contributed by atoms with Gasteiger partial charge in [-0.15, -0.1) is 0 Å². The Morgan fingerprint density at radius 3 is 2.74 bits per heavy atom. The fraction of sp³-hybridized carbons (Fsp3) is 0.231. The number of esters is 1. The summed E-state index contributed by atoms with van der Waals surface area (Å²) < 4.78 is 6.25. The molecule has 2 rings (SSSR count). The third-order valence-corrected chi connectivity index (χ3v) is 2.91. The van der Waals surface area contributed by atoms with Crippen LogP contribution in [0.1, 0.15) is 17.4 Å². The van der Waals surface area contributed by atoms with E-state index >= 15 is 0 Å². The predicted octanol–water partition coefficient (Wildman–Crippen LogP) is 2.56. The number of fused-ring (bicyclic) bond motifs is 1. The van der Waals surface area contributed by atoms with Crippen molar-refractivity contribution >= 4 is 34.4 Å². The highest BCUT2D eigenvalue weighted by Gasteiger charge is 2.17. The average Bonchev–Trinajstić information content (AvgIpc) is 2.67. The van der Waals surface area contributed by atoms with Crippen LogP contribution >= 0.6 is 11.6 Å². The van der Waals surface area contributed by atoms with Gasteiger partial charge in [-0.25, -0.2) is 4.79 Å². The minimum absolute atomic E-state index is 0.0327. The summed E-state index contributed by atoms with van der Waals surface area (Å²) in [7, 11) is 0. The van der Waals surface area contributed by atoms with Gasteiger partial charge in [-0.05, 0) is 31.2 Å².